The summed E-state index contributed by atoms with van der Waals surface area (Å²) in [7, 11) is 0. The monoisotopic (exact) mass is 431 g/mol. The fourth-order valence-electron chi connectivity index (χ4n) is 4.74. The lowest BCUT2D eigenvalue weighted by Crippen LogP contribution is -2.40. The van der Waals surface area contributed by atoms with Crippen LogP contribution in [0.1, 0.15) is 63.0 Å². The number of benzene rings is 2. The maximum Gasteiger partial charge on any atom is 0.351 e. The first kappa shape index (κ1) is 21.9. The Hall–Kier alpha value is -3.35. The summed E-state index contributed by atoms with van der Waals surface area (Å²) >= 11 is 0. The summed E-state index contributed by atoms with van der Waals surface area (Å²) in [4.78, 5) is 20.2. The molecule has 1 saturated carbocycles. The Labute approximate surface area is 188 Å². The standard InChI is InChI=1S/C25H30N6O/c1-2-3-10-22-28-25(15-6-7-16-25)24(32)31(22)17-18-11-13-19(14-12-18)20-8-4-5-9-21(20)23(26)29-30-27/h4-5,8-9,11-14H,2-3,6-7,10,15-17H2,1H3,(H3,26,27,29)/p+1. The number of aliphatic imine (C=N–C) groups is 1. The second-order valence-corrected chi connectivity index (χ2v) is 8.60. The van der Waals surface area contributed by atoms with Crippen molar-refractivity contribution < 1.29 is 10.2 Å². The second-order valence-electron chi connectivity index (χ2n) is 8.60. The van der Waals surface area contributed by atoms with Crippen LogP contribution in [-0.4, -0.2) is 28.0 Å². The predicted octanol–water partition coefficient (Wildman–Crippen LogP) is 3.43. The van der Waals surface area contributed by atoms with Gasteiger partial charge in [0.2, 0.25) is 0 Å². The van der Waals surface area contributed by atoms with Crippen molar-refractivity contribution in [2.24, 2.45) is 21.2 Å². The molecule has 7 heteroatoms. The number of amidine groups is 2. The van der Waals surface area contributed by atoms with E-state index in [-0.39, 0.29) is 11.7 Å². The van der Waals surface area contributed by atoms with Crippen molar-refractivity contribution in [3.63, 3.8) is 0 Å². The Kier molecular flexibility index (Phi) is 6.44. The lowest BCUT2D eigenvalue weighted by Gasteiger charge is -2.23. The SMILES string of the molecule is CCCCC1=NC2(CCCC2)C(=O)N1Cc1ccc(-c2ccccc2C(=[NH2+])N=NN)cc1. The summed E-state index contributed by atoms with van der Waals surface area (Å²) in [6.07, 6.45) is 6.93. The van der Waals surface area contributed by atoms with Crippen molar-refractivity contribution in [3.05, 3.63) is 59.7 Å². The number of carbonyl (C=O) groups excluding carboxylic acids is 1. The molecule has 2 aliphatic rings. The third-order valence-electron chi connectivity index (χ3n) is 6.46. The van der Waals surface area contributed by atoms with Crippen molar-refractivity contribution in [1.29, 1.82) is 0 Å². The van der Waals surface area contributed by atoms with Gasteiger partial charge < -0.3 is 0 Å². The minimum absolute atomic E-state index is 0.185. The fourth-order valence-corrected chi connectivity index (χ4v) is 4.74. The number of amides is 1. The van der Waals surface area contributed by atoms with Crippen LogP contribution < -0.4 is 11.3 Å². The predicted molar refractivity (Wildman–Crippen MR) is 126 cm³/mol. The highest BCUT2D eigenvalue weighted by Gasteiger charge is 2.49. The molecule has 1 aliphatic carbocycles. The summed E-state index contributed by atoms with van der Waals surface area (Å²) < 4.78 is 0. The van der Waals surface area contributed by atoms with Gasteiger partial charge in [-0.1, -0.05) is 68.7 Å². The Morgan fingerprint density at radius 3 is 2.56 bits per heavy atom. The summed E-state index contributed by atoms with van der Waals surface area (Å²) in [6.45, 7) is 2.73. The summed E-state index contributed by atoms with van der Waals surface area (Å²) in [5.74, 6) is 6.58. The Balaban J connectivity index is 1.56. The average molecular weight is 432 g/mol. The van der Waals surface area contributed by atoms with E-state index in [0.29, 0.717) is 6.54 Å². The largest absolute Gasteiger partial charge is 0.351 e. The Morgan fingerprint density at radius 2 is 1.88 bits per heavy atom. The van der Waals surface area contributed by atoms with Gasteiger partial charge in [-0.2, -0.15) is 0 Å². The number of rotatable bonds is 7. The zero-order valence-electron chi connectivity index (χ0n) is 18.6. The van der Waals surface area contributed by atoms with Crippen molar-refractivity contribution in [2.45, 2.75) is 64.0 Å². The quantitative estimate of drug-likeness (QED) is 0.230. The van der Waals surface area contributed by atoms with Gasteiger partial charge in [0, 0.05) is 11.6 Å². The summed E-state index contributed by atoms with van der Waals surface area (Å²) in [6, 6.07) is 16.0. The van der Waals surface area contributed by atoms with Crippen LogP contribution in [0.25, 0.3) is 11.1 Å². The molecule has 0 saturated heterocycles. The van der Waals surface area contributed by atoms with Crippen molar-refractivity contribution in [3.8, 4) is 11.1 Å². The molecular weight excluding hydrogens is 400 g/mol. The van der Waals surface area contributed by atoms with Gasteiger partial charge in [0.15, 0.2) is 0 Å². The summed E-state index contributed by atoms with van der Waals surface area (Å²) in [5, 5.41) is 13.1. The van der Waals surface area contributed by atoms with E-state index in [1.165, 1.54) is 0 Å². The fraction of sp³-hybridized carbons (Fsp3) is 0.400. The highest BCUT2D eigenvalue weighted by Crippen LogP contribution is 2.40. The van der Waals surface area contributed by atoms with Crippen LogP contribution in [0.15, 0.2) is 63.9 Å². The molecule has 2 aromatic rings. The zero-order valence-corrected chi connectivity index (χ0v) is 18.6. The van der Waals surface area contributed by atoms with Crippen molar-refractivity contribution >= 4 is 17.6 Å². The molecule has 1 amide bonds. The van der Waals surface area contributed by atoms with E-state index >= 15 is 0 Å². The molecule has 7 nitrogen and oxygen atoms in total. The summed E-state index contributed by atoms with van der Waals surface area (Å²) in [5.41, 5.74) is 3.34. The van der Waals surface area contributed by atoms with E-state index in [0.717, 1.165) is 73.0 Å². The van der Waals surface area contributed by atoms with Gasteiger partial charge in [-0.15, -0.1) is 0 Å². The Morgan fingerprint density at radius 1 is 1.16 bits per heavy atom. The maximum absolute atomic E-state index is 13.3. The molecule has 32 heavy (non-hydrogen) atoms. The van der Waals surface area contributed by atoms with Crippen LogP contribution in [0.4, 0.5) is 0 Å². The molecule has 0 unspecified atom stereocenters. The lowest BCUT2D eigenvalue weighted by atomic mass is 9.97. The van der Waals surface area contributed by atoms with Crippen LogP contribution in [0.3, 0.4) is 0 Å². The third-order valence-corrected chi connectivity index (χ3v) is 6.46. The first-order chi connectivity index (χ1) is 15.6. The average Bonchev–Trinajstić information content (AvgIpc) is 3.39. The molecule has 0 radical (unpaired) electrons. The topological polar surface area (TPSA) is 109 Å². The zero-order chi connectivity index (χ0) is 22.6. The molecule has 0 aromatic heterocycles. The van der Waals surface area contributed by atoms with Gasteiger partial charge in [0.25, 0.3) is 5.91 Å². The van der Waals surface area contributed by atoms with E-state index in [4.69, 9.17) is 16.2 Å². The van der Waals surface area contributed by atoms with Gasteiger partial charge in [-0.25, -0.2) is 0 Å². The van der Waals surface area contributed by atoms with Crippen LogP contribution in [0, 0.1) is 0 Å². The molecule has 4 N–H and O–H groups in total. The molecule has 166 valence electrons. The van der Waals surface area contributed by atoms with E-state index < -0.39 is 5.54 Å². The molecule has 1 aliphatic heterocycles. The number of hydrogen-bond donors (Lipinski definition) is 2. The van der Waals surface area contributed by atoms with E-state index in [1.807, 2.05) is 29.2 Å². The van der Waals surface area contributed by atoms with E-state index in [2.05, 4.69) is 41.5 Å². The number of carbonyl (C=O) groups is 1. The van der Waals surface area contributed by atoms with Gasteiger partial charge >= 0.3 is 5.84 Å². The van der Waals surface area contributed by atoms with Gasteiger partial charge in [-0.05, 0) is 42.0 Å². The minimum atomic E-state index is -0.493. The number of unbranched alkanes of at least 4 members (excludes halogenated alkanes) is 1. The molecule has 0 atom stereocenters. The molecule has 4 rings (SSSR count). The number of nitrogens with two attached hydrogens (primary N) is 2. The third kappa shape index (κ3) is 4.20. The van der Waals surface area contributed by atoms with E-state index in [1.54, 1.807) is 0 Å². The molecule has 1 fully saturated rings. The highest BCUT2D eigenvalue weighted by atomic mass is 16.2. The molecule has 0 bridgehead atoms. The molecule has 2 aromatic carbocycles. The van der Waals surface area contributed by atoms with Crippen LogP contribution in [0.2, 0.25) is 0 Å². The maximum atomic E-state index is 13.3. The first-order valence-corrected chi connectivity index (χ1v) is 11.4. The lowest BCUT2D eigenvalue weighted by molar-refractivity contribution is -0.131. The van der Waals surface area contributed by atoms with Crippen LogP contribution in [0.5, 0.6) is 0 Å². The van der Waals surface area contributed by atoms with Crippen LogP contribution >= 0.6 is 0 Å². The number of nitrogens with zero attached hydrogens (tertiary/aromatic N) is 4. The van der Waals surface area contributed by atoms with Crippen LogP contribution in [-0.2, 0) is 11.3 Å². The van der Waals surface area contributed by atoms with E-state index in [9.17, 15) is 4.79 Å². The highest BCUT2D eigenvalue weighted by molar-refractivity contribution is 6.08. The molecular formula is C25H31N6O+. The number of hydrogen-bond acceptors (Lipinski definition) is 3. The first-order valence-electron chi connectivity index (χ1n) is 11.4. The van der Waals surface area contributed by atoms with Crippen molar-refractivity contribution in [2.75, 3.05) is 0 Å². The van der Waals surface area contributed by atoms with Gasteiger partial charge in [0.1, 0.15) is 11.4 Å². The van der Waals surface area contributed by atoms with Crippen molar-refractivity contribution in [1.82, 2.24) is 4.90 Å². The smallest absolute Gasteiger partial charge is 0.294 e. The molecule has 1 spiro atoms. The van der Waals surface area contributed by atoms with Gasteiger partial charge in [0.05, 0.1) is 17.2 Å². The Bertz CT molecular complexity index is 1050. The minimum Gasteiger partial charge on any atom is -0.294 e. The van der Waals surface area contributed by atoms with Gasteiger partial charge in [-0.3, -0.25) is 25.9 Å². The second kappa shape index (κ2) is 9.42. The normalized spacial score (nSPS) is 17.5. The molecule has 1 heterocycles.